The van der Waals surface area contributed by atoms with Crippen LogP contribution in [0.3, 0.4) is 0 Å². The summed E-state index contributed by atoms with van der Waals surface area (Å²) in [6.07, 6.45) is 0.909. The Morgan fingerprint density at radius 3 is 2.42 bits per heavy atom. The van der Waals surface area contributed by atoms with Gasteiger partial charge in [0.2, 0.25) is 10.0 Å². The van der Waals surface area contributed by atoms with E-state index in [2.05, 4.69) is 4.72 Å². The number of hydrogen-bond acceptors (Lipinski definition) is 4. The molecule has 0 spiro atoms. The number of aryl methyl sites for hydroxylation is 1. The first-order valence-electron chi connectivity index (χ1n) is 7.91. The molecule has 24 heavy (non-hydrogen) atoms. The molecule has 1 fully saturated rings. The summed E-state index contributed by atoms with van der Waals surface area (Å²) in [5.74, 6) is -0.919. The van der Waals surface area contributed by atoms with Gasteiger partial charge in [-0.3, -0.25) is 0 Å². The van der Waals surface area contributed by atoms with Crippen molar-refractivity contribution in [3.05, 3.63) is 40.9 Å². The molecule has 1 aromatic rings. The number of nitrogens with one attached hydrogen (secondary N) is 1. The van der Waals surface area contributed by atoms with Crippen molar-refractivity contribution >= 4 is 21.6 Å². The van der Waals surface area contributed by atoms with Gasteiger partial charge in [0.25, 0.3) is 0 Å². The van der Waals surface area contributed by atoms with Crippen molar-refractivity contribution < 1.29 is 17.9 Å². The molecule has 132 valence electrons. The van der Waals surface area contributed by atoms with Gasteiger partial charge >= 0.3 is 0 Å². The lowest BCUT2D eigenvalue weighted by Crippen LogP contribution is -2.53. The molecule has 1 aliphatic carbocycles. The highest BCUT2D eigenvalue weighted by atomic mass is 35.5. The Morgan fingerprint density at radius 1 is 1.17 bits per heavy atom. The van der Waals surface area contributed by atoms with E-state index in [9.17, 15) is 8.42 Å². The van der Waals surface area contributed by atoms with Crippen molar-refractivity contribution in [2.45, 2.75) is 56.6 Å². The minimum Gasteiger partial charge on any atom is -0.342 e. The molecule has 0 radical (unpaired) electrons. The minimum atomic E-state index is -3.66. The average Bonchev–Trinajstić information content (AvgIpc) is 2.80. The first kappa shape index (κ1) is 17.9. The normalized spacial score (nSPS) is 32.3. The van der Waals surface area contributed by atoms with Gasteiger partial charge < -0.3 is 9.47 Å². The number of sulfonamides is 1. The van der Waals surface area contributed by atoms with Crippen LogP contribution >= 0.6 is 11.6 Å². The molecule has 1 aromatic carbocycles. The second kappa shape index (κ2) is 6.11. The number of halogens is 1. The molecule has 0 amide bonds. The molecule has 3 rings (SSSR count). The highest BCUT2D eigenvalue weighted by Gasteiger charge is 2.51. The molecule has 0 unspecified atom stereocenters. The zero-order valence-corrected chi connectivity index (χ0v) is 15.7. The summed E-state index contributed by atoms with van der Waals surface area (Å²) in [4.78, 5) is 0.232. The van der Waals surface area contributed by atoms with E-state index in [1.807, 2.05) is 19.9 Å². The smallest absolute Gasteiger partial charge is 0.240 e. The molecular weight excluding hydrogens is 350 g/mol. The molecule has 4 atom stereocenters. The Morgan fingerprint density at radius 2 is 1.79 bits per heavy atom. The number of benzene rings is 1. The van der Waals surface area contributed by atoms with Crippen LogP contribution in [-0.2, 0) is 19.5 Å². The third kappa shape index (κ3) is 3.39. The van der Waals surface area contributed by atoms with E-state index in [-0.39, 0.29) is 10.8 Å². The summed E-state index contributed by atoms with van der Waals surface area (Å²) in [7, 11) is -3.66. The van der Waals surface area contributed by atoms with Gasteiger partial charge in [0.05, 0.1) is 10.9 Å². The van der Waals surface area contributed by atoms with E-state index in [1.54, 1.807) is 38.1 Å². The first-order chi connectivity index (χ1) is 11.1. The third-order valence-corrected chi connectivity index (χ3v) is 6.18. The number of fused-ring (bicyclic) bond motifs is 1. The zero-order chi connectivity index (χ0) is 17.7. The lowest BCUT2D eigenvalue weighted by Gasteiger charge is -2.34. The Bertz CT molecular complexity index is 757. The van der Waals surface area contributed by atoms with Crippen LogP contribution in [-0.4, -0.2) is 32.5 Å². The van der Waals surface area contributed by atoms with Crippen molar-refractivity contribution in [3.8, 4) is 0 Å². The quantitative estimate of drug-likeness (QED) is 0.887. The summed E-state index contributed by atoms with van der Waals surface area (Å²) < 4.78 is 40.0. The van der Waals surface area contributed by atoms with Crippen LogP contribution in [0.2, 0.25) is 0 Å². The van der Waals surface area contributed by atoms with Crippen LogP contribution in [0.25, 0.3) is 0 Å². The van der Waals surface area contributed by atoms with Crippen molar-refractivity contribution in [1.82, 2.24) is 4.72 Å². The monoisotopic (exact) mass is 371 g/mol. The summed E-state index contributed by atoms with van der Waals surface area (Å²) in [6.45, 7) is 7.42. The molecule has 0 saturated carbocycles. The molecule has 1 saturated heterocycles. The molecule has 0 aromatic heterocycles. The van der Waals surface area contributed by atoms with E-state index in [0.29, 0.717) is 5.03 Å². The zero-order valence-electron chi connectivity index (χ0n) is 14.1. The van der Waals surface area contributed by atoms with Crippen molar-refractivity contribution in [2.75, 3.05) is 0 Å². The topological polar surface area (TPSA) is 64.6 Å². The Hall–Kier alpha value is -0.920. The van der Waals surface area contributed by atoms with E-state index in [0.717, 1.165) is 5.56 Å². The minimum absolute atomic E-state index is 0.114. The third-order valence-electron chi connectivity index (χ3n) is 4.37. The lowest BCUT2D eigenvalue weighted by molar-refractivity contribution is -0.145. The maximum Gasteiger partial charge on any atom is 0.240 e. The molecule has 2 aliphatic rings. The standard InChI is InChI=1S/C17H22ClNO4S/c1-10-5-7-12(8-6-10)24(20,21)19-14-11(2)9-13(18)15-16(14)23-17(3,4)22-15/h5-9,11,14-16,19H,1-4H3/t11-,14+,15+,16-/m0/s1. The van der Waals surface area contributed by atoms with Crippen LogP contribution in [0, 0.1) is 12.8 Å². The van der Waals surface area contributed by atoms with Gasteiger partial charge in [-0.1, -0.05) is 42.3 Å². The van der Waals surface area contributed by atoms with Crippen molar-refractivity contribution in [2.24, 2.45) is 5.92 Å². The van der Waals surface area contributed by atoms with E-state index in [4.69, 9.17) is 21.1 Å². The number of ether oxygens (including phenoxy) is 2. The first-order valence-corrected chi connectivity index (χ1v) is 9.77. The van der Waals surface area contributed by atoms with Crippen molar-refractivity contribution in [1.29, 1.82) is 0 Å². The van der Waals surface area contributed by atoms with Gasteiger partial charge in [-0.25, -0.2) is 13.1 Å². The fourth-order valence-corrected chi connectivity index (χ4v) is 4.86. The Kier molecular flexibility index (Phi) is 4.55. The molecule has 1 heterocycles. The fraction of sp³-hybridized carbons (Fsp3) is 0.529. The average molecular weight is 372 g/mol. The number of rotatable bonds is 3. The van der Waals surface area contributed by atoms with Gasteiger partial charge in [-0.2, -0.15) is 0 Å². The van der Waals surface area contributed by atoms with E-state index < -0.39 is 34.1 Å². The van der Waals surface area contributed by atoms with Gasteiger partial charge in [-0.05, 0) is 38.8 Å². The Balaban J connectivity index is 1.89. The molecular formula is C17H22ClNO4S. The van der Waals surface area contributed by atoms with Gasteiger partial charge in [0.1, 0.15) is 12.2 Å². The molecule has 0 bridgehead atoms. The van der Waals surface area contributed by atoms with Crippen LogP contribution in [0.15, 0.2) is 40.3 Å². The van der Waals surface area contributed by atoms with Gasteiger partial charge in [0, 0.05) is 5.03 Å². The summed E-state index contributed by atoms with van der Waals surface area (Å²) in [6, 6.07) is 6.29. The van der Waals surface area contributed by atoms with Crippen LogP contribution in [0.4, 0.5) is 0 Å². The highest BCUT2D eigenvalue weighted by Crippen LogP contribution is 2.40. The predicted molar refractivity (Wildman–Crippen MR) is 92.2 cm³/mol. The predicted octanol–water partition coefficient (Wildman–Crippen LogP) is 2.93. The maximum atomic E-state index is 12.7. The fourth-order valence-electron chi connectivity index (χ4n) is 3.15. The maximum absolute atomic E-state index is 12.7. The molecule has 1 N–H and O–H groups in total. The van der Waals surface area contributed by atoms with E-state index in [1.165, 1.54) is 0 Å². The van der Waals surface area contributed by atoms with Crippen LogP contribution in [0.1, 0.15) is 26.3 Å². The van der Waals surface area contributed by atoms with E-state index >= 15 is 0 Å². The summed E-state index contributed by atoms with van der Waals surface area (Å²) in [5.41, 5.74) is 1.00. The Labute approximate surface area is 148 Å². The second-order valence-corrected chi connectivity index (χ2v) is 9.04. The SMILES string of the molecule is Cc1ccc(S(=O)(=O)N[C@H]2[C@@H]3OC(C)(C)O[C@@H]3C(Cl)=C[C@@H]2C)cc1. The number of hydrogen-bond donors (Lipinski definition) is 1. The highest BCUT2D eigenvalue weighted by molar-refractivity contribution is 7.89. The molecule has 5 nitrogen and oxygen atoms in total. The molecule has 1 aliphatic heterocycles. The summed E-state index contributed by atoms with van der Waals surface area (Å²) in [5, 5.41) is 0.559. The van der Waals surface area contributed by atoms with Crippen LogP contribution in [0.5, 0.6) is 0 Å². The summed E-state index contributed by atoms with van der Waals surface area (Å²) >= 11 is 6.29. The second-order valence-electron chi connectivity index (χ2n) is 6.89. The van der Waals surface area contributed by atoms with Crippen molar-refractivity contribution in [3.63, 3.8) is 0 Å². The molecule has 7 heteroatoms. The van der Waals surface area contributed by atoms with Crippen LogP contribution < -0.4 is 4.72 Å². The van der Waals surface area contributed by atoms with Gasteiger partial charge in [-0.15, -0.1) is 0 Å². The lowest BCUT2D eigenvalue weighted by atomic mass is 9.88. The largest absolute Gasteiger partial charge is 0.342 e. The van der Waals surface area contributed by atoms with Gasteiger partial charge in [0.15, 0.2) is 5.79 Å².